The van der Waals surface area contributed by atoms with Crippen LogP contribution in [-0.4, -0.2) is 14.1 Å². The Morgan fingerprint density at radius 1 is 0.554 bits per heavy atom. The van der Waals surface area contributed by atoms with Crippen LogP contribution in [0, 0.1) is 13.8 Å². The fraction of sp³-hybridized carbons (Fsp3) is 0.0600. The van der Waals surface area contributed by atoms with E-state index in [1.54, 1.807) is 12.4 Å². The van der Waals surface area contributed by atoms with Crippen LogP contribution in [0.3, 0.4) is 0 Å². The summed E-state index contributed by atoms with van der Waals surface area (Å²) in [6.45, 7) is 4.31. The number of fused-ring (bicyclic) bond motifs is 2. The fourth-order valence-electron chi connectivity index (χ4n) is 8.12. The Balaban J connectivity index is 1.23. The van der Waals surface area contributed by atoms with Crippen molar-refractivity contribution in [3.05, 3.63) is 198 Å². The quantitative estimate of drug-likeness (QED) is 0.145. The normalized spacial score (nSPS) is 14.1. The lowest BCUT2D eigenvalue weighted by Crippen LogP contribution is -2.16. The summed E-state index contributed by atoms with van der Waals surface area (Å²) in [6, 6.07) is 47.5. The predicted octanol–water partition coefficient (Wildman–Crippen LogP) is 11.2. The number of hydrogen-bond acceptors (Lipinski definition) is 4. The number of nitrogens with one attached hydrogen (secondary N) is 1. The second-order valence-electron chi connectivity index (χ2n) is 14.2. The molecule has 0 fully saturated rings. The van der Waals surface area contributed by atoms with Crippen molar-refractivity contribution in [2.24, 2.45) is 11.5 Å². The highest BCUT2D eigenvalue weighted by Crippen LogP contribution is 2.37. The molecule has 1 aliphatic heterocycles. The number of nitrogens with two attached hydrogens (primary N) is 2. The Kier molecular flexibility index (Phi) is 8.92. The van der Waals surface area contributed by atoms with Crippen molar-refractivity contribution >= 4 is 34.0 Å². The summed E-state index contributed by atoms with van der Waals surface area (Å²) in [7, 11) is 0. The highest BCUT2D eigenvalue weighted by atomic mass is 15.0. The molecular formula is C50H42N6. The Morgan fingerprint density at radius 3 is 1.73 bits per heavy atom. The zero-order valence-electron chi connectivity index (χ0n) is 31.4. The molecule has 5 N–H and O–H groups in total. The van der Waals surface area contributed by atoms with Gasteiger partial charge in [-0.3, -0.25) is 4.98 Å². The summed E-state index contributed by atoms with van der Waals surface area (Å²) in [6.07, 6.45) is 15.4. The van der Waals surface area contributed by atoms with Gasteiger partial charge in [-0.05, 0) is 139 Å². The molecule has 272 valence electrons. The number of allylic oxidation sites excluding steroid dienone is 2. The first kappa shape index (κ1) is 34.5. The maximum absolute atomic E-state index is 6.06. The van der Waals surface area contributed by atoms with Crippen LogP contribution in [0.1, 0.15) is 34.3 Å². The van der Waals surface area contributed by atoms with Crippen molar-refractivity contribution in [3.63, 3.8) is 0 Å². The topological polar surface area (TPSA) is 86.8 Å². The summed E-state index contributed by atoms with van der Waals surface area (Å²) in [4.78, 5) is 5.29. The van der Waals surface area contributed by atoms with Crippen molar-refractivity contribution in [1.82, 2.24) is 19.4 Å². The molecule has 0 saturated heterocycles. The second kappa shape index (κ2) is 14.5. The van der Waals surface area contributed by atoms with Crippen LogP contribution in [0.15, 0.2) is 170 Å². The van der Waals surface area contributed by atoms with Gasteiger partial charge >= 0.3 is 0 Å². The number of aryl methyl sites for hydroxylation is 2. The van der Waals surface area contributed by atoms with Gasteiger partial charge in [0.2, 0.25) is 0 Å². The lowest BCUT2D eigenvalue weighted by atomic mass is 9.95. The third-order valence-corrected chi connectivity index (χ3v) is 10.8. The van der Waals surface area contributed by atoms with Crippen molar-refractivity contribution in [3.8, 4) is 44.9 Å². The smallest absolute Gasteiger partial charge is 0.0869 e. The Bertz CT molecular complexity index is 2870. The molecule has 56 heavy (non-hydrogen) atoms. The molecule has 6 nitrogen and oxygen atoms in total. The number of dihydropyridines is 1. The van der Waals surface area contributed by atoms with E-state index in [1.807, 2.05) is 24.4 Å². The Hall–Kier alpha value is -7.31. The maximum atomic E-state index is 6.06. The van der Waals surface area contributed by atoms with Gasteiger partial charge < -0.3 is 25.9 Å². The molecule has 0 aliphatic carbocycles. The third-order valence-electron chi connectivity index (χ3n) is 10.8. The summed E-state index contributed by atoms with van der Waals surface area (Å²) in [5.41, 5.74) is 28.2. The first-order chi connectivity index (χ1) is 27.5. The molecule has 9 rings (SSSR count). The van der Waals surface area contributed by atoms with E-state index in [9.17, 15) is 0 Å². The minimum atomic E-state index is -0.0769. The summed E-state index contributed by atoms with van der Waals surface area (Å²) < 4.78 is 4.59. The van der Waals surface area contributed by atoms with E-state index in [4.69, 9.17) is 16.5 Å². The first-order valence-electron chi connectivity index (χ1n) is 18.9. The second-order valence-corrected chi connectivity index (χ2v) is 14.2. The molecule has 5 aromatic carbocycles. The van der Waals surface area contributed by atoms with Gasteiger partial charge in [-0.1, -0.05) is 91.0 Å². The molecule has 0 bridgehead atoms. The maximum Gasteiger partial charge on any atom is 0.0869 e. The number of para-hydroxylation sites is 2. The number of rotatable bonds is 8. The minimum absolute atomic E-state index is 0.0769. The number of benzene rings is 5. The average Bonchev–Trinajstić information content (AvgIpc) is 3.70. The van der Waals surface area contributed by atoms with E-state index < -0.39 is 0 Å². The summed E-state index contributed by atoms with van der Waals surface area (Å²) in [5, 5.41) is 5.91. The van der Waals surface area contributed by atoms with E-state index in [-0.39, 0.29) is 6.04 Å². The molecule has 1 aliphatic rings. The number of hydrogen-bond donors (Lipinski definition) is 3. The zero-order valence-corrected chi connectivity index (χ0v) is 31.4. The van der Waals surface area contributed by atoms with Gasteiger partial charge in [0.1, 0.15) is 0 Å². The van der Waals surface area contributed by atoms with Crippen molar-refractivity contribution in [2.75, 3.05) is 0 Å². The molecule has 0 saturated carbocycles. The van der Waals surface area contributed by atoms with Crippen molar-refractivity contribution in [1.29, 1.82) is 0 Å². The van der Waals surface area contributed by atoms with Crippen molar-refractivity contribution < 1.29 is 0 Å². The molecule has 8 aromatic rings. The van der Waals surface area contributed by atoms with Gasteiger partial charge in [0.15, 0.2) is 0 Å². The Morgan fingerprint density at radius 2 is 1.12 bits per heavy atom. The number of pyridine rings is 1. The third kappa shape index (κ3) is 6.07. The molecule has 6 heteroatoms. The Labute approximate surface area is 327 Å². The molecule has 0 amide bonds. The summed E-state index contributed by atoms with van der Waals surface area (Å²) >= 11 is 0. The zero-order chi connectivity index (χ0) is 38.2. The molecular weight excluding hydrogens is 685 g/mol. The van der Waals surface area contributed by atoms with Gasteiger partial charge in [0.25, 0.3) is 0 Å². The summed E-state index contributed by atoms with van der Waals surface area (Å²) in [5.74, 6) is 0. The molecule has 0 spiro atoms. The predicted molar refractivity (Wildman–Crippen MR) is 234 cm³/mol. The van der Waals surface area contributed by atoms with Crippen molar-refractivity contribution in [2.45, 2.75) is 19.9 Å². The van der Waals surface area contributed by atoms with Gasteiger partial charge in [-0.25, -0.2) is 0 Å². The van der Waals surface area contributed by atoms with Crippen LogP contribution in [0.2, 0.25) is 0 Å². The lowest BCUT2D eigenvalue weighted by Gasteiger charge is -2.19. The number of nitrogens with zero attached hydrogens (tertiary/aromatic N) is 3. The molecule has 0 radical (unpaired) electrons. The van der Waals surface area contributed by atoms with E-state index in [1.165, 1.54) is 21.9 Å². The SMILES string of the molecule is Cc1c(/C=C\N)n(-c2ccc(-c3cc(-c4cc(-c5ccccc5)cc(-n5c(/C=C\N)c(C)c6ccccc65)c4)cc(C4C=CC=CN4)n3)cc2)c2ccccc12. The van der Waals surface area contributed by atoms with Crippen LogP contribution >= 0.6 is 0 Å². The van der Waals surface area contributed by atoms with Crippen LogP contribution in [0.5, 0.6) is 0 Å². The standard InChI is InChI=1S/C50H42N6/c1-33-42-14-6-8-17-49(42)55(47(33)23-25-51)40-21-19-36(20-22-40)45-31-39(32-46(54-45)44-16-10-11-27-53-44)38-28-37(35-12-4-3-5-13-35)29-41(30-38)56-48(24-26-52)34(2)43-15-7-9-18-50(43)56/h3-32,44,53H,51-52H2,1-2H3/b25-23-,26-24-. The molecule has 1 unspecified atom stereocenters. The van der Waals surface area contributed by atoms with E-state index in [0.29, 0.717) is 0 Å². The highest BCUT2D eigenvalue weighted by molar-refractivity contribution is 5.92. The number of aromatic nitrogens is 3. The molecule has 4 heterocycles. The van der Waals surface area contributed by atoms with Crippen LogP contribution in [0.4, 0.5) is 0 Å². The van der Waals surface area contributed by atoms with Crippen LogP contribution < -0.4 is 16.8 Å². The molecule has 1 atom stereocenters. The largest absolute Gasteiger partial charge is 0.405 e. The van der Waals surface area contributed by atoms with E-state index >= 15 is 0 Å². The minimum Gasteiger partial charge on any atom is -0.405 e. The van der Waals surface area contributed by atoms with Crippen LogP contribution in [-0.2, 0) is 0 Å². The van der Waals surface area contributed by atoms with Gasteiger partial charge in [-0.2, -0.15) is 0 Å². The fourth-order valence-corrected chi connectivity index (χ4v) is 8.12. The van der Waals surface area contributed by atoms with Gasteiger partial charge in [-0.15, -0.1) is 0 Å². The monoisotopic (exact) mass is 726 g/mol. The highest BCUT2D eigenvalue weighted by Gasteiger charge is 2.19. The molecule has 3 aromatic heterocycles. The average molecular weight is 727 g/mol. The van der Waals surface area contributed by atoms with E-state index in [0.717, 1.165) is 73.0 Å². The van der Waals surface area contributed by atoms with Gasteiger partial charge in [0, 0.05) is 27.7 Å². The first-order valence-corrected chi connectivity index (χ1v) is 18.9. The van der Waals surface area contributed by atoms with Crippen LogP contribution in [0.25, 0.3) is 78.8 Å². The lowest BCUT2D eigenvalue weighted by molar-refractivity contribution is 0.722. The van der Waals surface area contributed by atoms with Gasteiger partial charge in [0.05, 0.1) is 39.9 Å². The van der Waals surface area contributed by atoms with E-state index in [2.05, 4.69) is 174 Å².